The van der Waals surface area contributed by atoms with Gasteiger partial charge in [-0.25, -0.2) is 4.79 Å². The first-order valence-corrected chi connectivity index (χ1v) is 7.93. The molecule has 1 N–H and O–H groups in total. The Morgan fingerprint density at radius 2 is 1.88 bits per heavy atom. The van der Waals surface area contributed by atoms with Crippen LogP contribution in [0, 0.1) is 6.92 Å². The summed E-state index contributed by atoms with van der Waals surface area (Å²) in [6.45, 7) is 1.83. The van der Waals surface area contributed by atoms with Gasteiger partial charge in [0.15, 0.2) is 0 Å². The molecule has 5 nitrogen and oxygen atoms in total. The summed E-state index contributed by atoms with van der Waals surface area (Å²) in [5.41, 5.74) is 2.61. The first-order valence-electron chi connectivity index (χ1n) is 7.55. The third-order valence-corrected chi connectivity index (χ3v) is 4.05. The van der Waals surface area contributed by atoms with Crippen molar-refractivity contribution in [3.05, 3.63) is 70.4 Å². The number of nitrogens with zero attached hydrogens (tertiary/aromatic N) is 1. The second kappa shape index (κ2) is 6.91. The van der Waals surface area contributed by atoms with Crippen LogP contribution in [-0.2, 0) is 4.74 Å². The van der Waals surface area contributed by atoms with Crippen molar-refractivity contribution >= 4 is 40.1 Å². The van der Waals surface area contributed by atoms with Gasteiger partial charge in [0.05, 0.1) is 34.5 Å². The number of hydrogen-bond acceptors (Lipinski definition) is 4. The molecule has 126 valence electrons. The maximum atomic E-state index is 12.8. The van der Waals surface area contributed by atoms with Gasteiger partial charge in [-0.2, -0.15) is 0 Å². The molecule has 1 heterocycles. The molecule has 0 radical (unpaired) electrons. The first-order chi connectivity index (χ1) is 12.0. The number of esters is 1. The van der Waals surface area contributed by atoms with E-state index >= 15 is 0 Å². The van der Waals surface area contributed by atoms with E-state index in [-0.39, 0.29) is 5.91 Å². The Balaban J connectivity index is 2.00. The zero-order valence-corrected chi connectivity index (χ0v) is 14.4. The fourth-order valence-electron chi connectivity index (χ4n) is 2.55. The van der Waals surface area contributed by atoms with E-state index in [2.05, 4.69) is 10.3 Å². The number of halogens is 1. The van der Waals surface area contributed by atoms with E-state index in [1.165, 1.54) is 19.2 Å². The predicted octanol–water partition coefficient (Wildman–Crippen LogP) is 4.24. The number of anilines is 1. The summed E-state index contributed by atoms with van der Waals surface area (Å²) in [5.74, 6) is -0.831. The van der Waals surface area contributed by atoms with Crippen molar-refractivity contribution < 1.29 is 14.3 Å². The number of aryl methyl sites for hydroxylation is 1. The second-order valence-corrected chi connectivity index (χ2v) is 5.88. The molecule has 6 heteroatoms. The fraction of sp³-hybridized carbons (Fsp3) is 0.105. The number of ether oxygens (including phenoxy) is 1. The Kier molecular flexibility index (Phi) is 4.67. The van der Waals surface area contributed by atoms with E-state index in [1.54, 1.807) is 12.1 Å². The van der Waals surface area contributed by atoms with E-state index in [1.807, 2.05) is 31.2 Å². The average molecular weight is 355 g/mol. The Bertz CT molecular complexity index is 986. The Labute approximate surface area is 149 Å². The number of amides is 1. The van der Waals surface area contributed by atoms with Crippen molar-refractivity contribution in [1.29, 1.82) is 0 Å². The number of pyridine rings is 1. The molecule has 0 spiro atoms. The molecule has 0 saturated heterocycles. The van der Waals surface area contributed by atoms with Gasteiger partial charge >= 0.3 is 5.97 Å². The molecule has 0 unspecified atom stereocenters. The summed E-state index contributed by atoms with van der Waals surface area (Å²) in [6, 6.07) is 13.7. The van der Waals surface area contributed by atoms with Crippen LogP contribution in [0.5, 0.6) is 0 Å². The summed E-state index contributed by atoms with van der Waals surface area (Å²) >= 11 is 6.15. The van der Waals surface area contributed by atoms with Crippen molar-refractivity contribution in [2.45, 2.75) is 6.92 Å². The first kappa shape index (κ1) is 16.9. The third-order valence-electron chi connectivity index (χ3n) is 3.72. The monoisotopic (exact) mass is 354 g/mol. The lowest BCUT2D eigenvalue weighted by molar-refractivity contribution is 0.0600. The van der Waals surface area contributed by atoms with Crippen molar-refractivity contribution in [2.75, 3.05) is 12.4 Å². The van der Waals surface area contributed by atoms with E-state index in [9.17, 15) is 9.59 Å². The molecule has 0 atom stereocenters. The number of nitrogens with one attached hydrogen (secondary N) is 1. The molecule has 1 amide bonds. The molecule has 0 bridgehead atoms. The summed E-state index contributed by atoms with van der Waals surface area (Å²) in [4.78, 5) is 28.9. The molecule has 1 aromatic heterocycles. The van der Waals surface area contributed by atoms with Crippen LogP contribution < -0.4 is 5.32 Å². The zero-order valence-electron chi connectivity index (χ0n) is 13.7. The maximum Gasteiger partial charge on any atom is 0.337 e. The van der Waals surface area contributed by atoms with Crippen molar-refractivity contribution in [2.24, 2.45) is 0 Å². The van der Waals surface area contributed by atoms with Crippen LogP contribution in [0.1, 0.15) is 26.4 Å². The predicted molar refractivity (Wildman–Crippen MR) is 97.2 cm³/mol. The fourth-order valence-corrected chi connectivity index (χ4v) is 2.72. The molecule has 0 fully saturated rings. The summed E-state index contributed by atoms with van der Waals surface area (Å²) in [5, 5.41) is 3.83. The molecular weight excluding hydrogens is 340 g/mol. The van der Waals surface area contributed by atoms with Crippen LogP contribution in [0.2, 0.25) is 5.02 Å². The highest BCUT2D eigenvalue weighted by molar-refractivity contribution is 6.34. The van der Waals surface area contributed by atoms with Crippen LogP contribution in [0.4, 0.5) is 5.69 Å². The number of benzene rings is 2. The quantitative estimate of drug-likeness (QED) is 0.714. The minimum absolute atomic E-state index is 0.304. The van der Waals surface area contributed by atoms with Gasteiger partial charge < -0.3 is 10.1 Å². The topological polar surface area (TPSA) is 68.3 Å². The highest BCUT2D eigenvalue weighted by atomic mass is 35.5. The van der Waals surface area contributed by atoms with Gasteiger partial charge in [0, 0.05) is 11.1 Å². The van der Waals surface area contributed by atoms with E-state index in [4.69, 9.17) is 16.3 Å². The number of hydrogen-bond donors (Lipinski definition) is 1. The molecule has 0 aliphatic rings. The van der Waals surface area contributed by atoms with Gasteiger partial charge in [0.2, 0.25) is 0 Å². The largest absolute Gasteiger partial charge is 0.465 e. The van der Waals surface area contributed by atoms with Crippen LogP contribution >= 0.6 is 11.6 Å². The number of fused-ring (bicyclic) bond motifs is 1. The standard InChI is InChI=1S/C19H15ClN2O3/c1-11-9-14(13-5-3-4-6-16(13)21-11)18(23)22-17-10-12(19(24)25-2)7-8-15(17)20/h3-10H,1-2H3,(H,22,23). The molecule has 0 saturated carbocycles. The minimum Gasteiger partial charge on any atom is -0.465 e. The smallest absolute Gasteiger partial charge is 0.337 e. The summed E-state index contributed by atoms with van der Waals surface area (Å²) < 4.78 is 4.69. The Morgan fingerprint density at radius 3 is 2.64 bits per heavy atom. The molecule has 0 aliphatic carbocycles. The summed E-state index contributed by atoms with van der Waals surface area (Å²) in [7, 11) is 1.29. The zero-order chi connectivity index (χ0) is 18.0. The number of carbonyl (C=O) groups excluding carboxylic acids is 2. The van der Waals surface area contributed by atoms with E-state index in [0.29, 0.717) is 21.8 Å². The van der Waals surface area contributed by atoms with Gasteiger partial charge in [-0.3, -0.25) is 9.78 Å². The summed E-state index contributed by atoms with van der Waals surface area (Å²) in [6.07, 6.45) is 0. The van der Waals surface area contributed by atoms with Gasteiger partial charge in [-0.05, 0) is 37.3 Å². The number of aromatic nitrogens is 1. The number of rotatable bonds is 3. The molecule has 3 aromatic rings. The van der Waals surface area contributed by atoms with E-state index in [0.717, 1.165) is 16.6 Å². The number of methoxy groups -OCH3 is 1. The van der Waals surface area contributed by atoms with Crippen LogP contribution in [0.3, 0.4) is 0 Å². The minimum atomic E-state index is -0.502. The second-order valence-electron chi connectivity index (χ2n) is 5.47. The van der Waals surface area contributed by atoms with Gasteiger partial charge in [-0.1, -0.05) is 29.8 Å². The highest BCUT2D eigenvalue weighted by Gasteiger charge is 2.15. The molecule has 3 rings (SSSR count). The Morgan fingerprint density at radius 1 is 1.12 bits per heavy atom. The molecule has 2 aromatic carbocycles. The highest BCUT2D eigenvalue weighted by Crippen LogP contribution is 2.25. The van der Waals surface area contributed by atoms with Crippen LogP contribution in [0.15, 0.2) is 48.5 Å². The molecular formula is C19H15ClN2O3. The van der Waals surface area contributed by atoms with Crippen molar-refractivity contribution in [3.63, 3.8) is 0 Å². The van der Waals surface area contributed by atoms with Crippen LogP contribution in [0.25, 0.3) is 10.9 Å². The van der Waals surface area contributed by atoms with Gasteiger partial charge in [-0.15, -0.1) is 0 Å². The SMILES string of the molecule is COC(=O)c1ccc(Cl)c(NC(=O)c2cc(C)nc3ccccc23)c1. The lowest BCUT2D eigenvalue weighted by atomic mass is 10.1. The maximum absolute atomic E-state index is 12.8. The molecule has 0 aliphatic heterocycles. The number of para-hydroxylation sites is 1. The lowest BCUT2D eigenvalue weighted by Crippen LogP contribution is -2.14. The normalized spacial score (nSPS) is 10.5. The molecule has 25 heavy (non-hydrogen) atoms. The van der Waals surface area contributed by atoms with Crippen LogP contribution in [-0.4, -0.2) is 24.0 Å². The van der Waals surface area contributed by atoms with E-state index < -0.39 is 5.97 Å². The van der Waals surface area contributed by atoms with Gasteiger partial charge in [0.25, 0.3) is 5.91 Å². The van der Waals surface area contributed by atoms with Crippen molar-refractivity contribution in [1.82, 2.24) is 4.98 Å². The average Bonchev–Trinajstić information content (AvgIpc) is 2.62. The Hall–Kier alpha value is -2.92. The van der Waals surface area contributed by atoms with Crippen molar-refractivity contribution in [3.8, 4) is 0 Å². The van der Waals surface area contributed by atoms with Gasteiger partial charge in [0.1, 0.15) is 0 Å². The third kappa shape index (κ3) is 3.46. The number of carbonyl (C=O) groups is 2. The lowest BCUT2D eigenvalue weighted by Gasteiger charge is -2.11.